The van der Waals surface area contributed by atoms with Crippen molar-refractivity contribution in [2.24, 2.45) is 40.4 Å². The van der Waals surface area contributed by atoms with Crippen LogP contribution in [0, 0.1) is 40.4 Å². The normalized spacial score (nSPS) is 42.0. The number of esters is 2. The van der Waals surface area contributed by atoms with Gasteiger partial charge in [-0.15, -0.1) is 0 Å². The molecule has 0 aromatic rings. The molecule has 0 radical (unpaired) electrons. The Hall–Kier alpha value is -1.40. The molecule has 0 bridgehead atoms. The first kappa shape index (κ1) is 25.7. The number of methoxy groups -OCH3 is 1. The van der Waals surface area contributed by atoms with E-state index < -0.39 is 12.2 Å². The standard InChI is InChI=1S/C28H44O6/c1-17(6-5-7-25(31)33-4)20-10-11-21-19-8-9-23-26(32)24(34-18(2)30)13-15-28(23,16-29)22(19)12-14-27(20,21)3/h9,17,19-22,24,26,29,32H,5-8,10-16H2,1-4H3/t17-,19+,20-,21+,22+,24+,26-,27-,28+/m1/s1. The number of rotatable bonds is 7. The lowest BCUT2D eigenvalue weighted by molar-refractivity contribution is -0.158. The van der Waals surface area contributed by atoms with Gasteiger partial charge in [0.05, 0.1) is 13.7 Å². The van der Waals surface area contributed by atoms with Crippen molar-refractivity contribution >= 4 is 11.9 Å². The molecular formula is C28H44O6. The molecule has 6 heteroatoms. The summed E-state index contributed by atoms with van der Waals surface area (Å²) in [6.07, 6.45) is 10.3. The molecule has 4 aliphatic rings. The molecule has 4 aliphatic carbocycles. The first-order valence-electron chi connectivity index (χ1n) is 13.4. The number of hydrogen-bond acceptors (Lipinski definition) is 6. The zero-order valence-electron chi connectivity index (χ0n) is 21.4. The molecule has 0 aromatic carbocycles. The van der Waals surface area contributed by atoms with Gasteiger partial charge in [-0.3, -0.25) is 9.59 Å². The molecule has 0 aliphatic heterocycles. The molecule has 0 amide bonds. The predicted molar refractivity (Wildman–Crippen MR) is 129 cm³/mol. The number of aliphatic hydroxyl groups excluding tert-OH is 2. The second-order valence-corrected chi connectivity index (χ2v) is 11.9. The summed E-state index contributed by atoms with van der Waals surface area (Å²) >= 11 is 0. The Kier molecular flexibility index (Phi) is 7.50. The van der Waals surface area contributed by atoms with E-state index in [1.807, 2.05) is 0 Å². The van der Waals surface area contributed by atoms with Gasteiger partial charge in [0, 0.05) is 18.8 Å². The molecule has 0 heterocycles. The zero-order chi connectivity index (χ0) is 24.7. The third-order valence-electron chi connectivity index (χ3n) is 10.5. The van der Waals surface area contributed by atoms with Gasteiger partial charge in [0.25, 0.3) is 0 Å². The molecule has 6 nitrogen and oxygen atoms in total. The molecule has 34 heavy (non-hydrogen) atoms. The number of allylic oxidation sites excluding steroid dienone is 1. The monoisotopic (exact) mass is 476 g/mol. The highest BCUT2D eigenvalue weighted by atomic mass is 16.6. The quantitative estimate of drug-likeness (QED) is 0.417. The van der Waals surface area contributed by atoms with Crippen LogP contribution in [0.2, 0.25) is 0 Å². The summed E-state index contributed by atoms with van der Waals surface area (Å²) in [5.41, 5.74) is 0.828. The highest BCUT2D eigenvalue weighted by molar-refractivity contribution is 5.69. The van der Waals surface area contributed by atoms with Crippen molar-refractivity contribution in [2.75, 3.05) is 13.7 Å². The Morgan fingerprint density at radius 3 is 2.62 bits per heavy atom. The number of aliphatic hydroxyl groups is 2. The minimum absolute atomic E-state index is 0.0562. The molecule has 0 aromatic heterocycles. The Morgan fingerprint density at radius 2 is 1.94 bits per heavy atom. The maximum atomic E-state index is 11.5. The van der Waals surface area contributed by atoms with Crippen molar-refractivity contribution in [3.8, 4) is 0 Å². The summed E-state index contributed by atoms with van der Waals surface area (Å²) < 4.78 is 10.2. The minimum atomic E-state index is -0.815. The van der Waals surface area contributed by atoms with E-state index in [1.54, 1.807) is 0 Å². The van der Waals surface area contributed by atoms with Gasteiger partial charge in [0.2, 0.25) is 0 Å². The fraction of sp³-hybridized carbons (Fsp3) is 0.857. The summed E-state index contributed by atoms with van der Waals surface area (Å²) in [5, 5.41) is 21.8. The molecule has 0 spiro atoms. The second kappa shape index (κ2) is 9.93. The highest BCUT2D eigenvalue weighted by Crippen LogP contribution is 2.67. The predicted octanol–water partition coefficient (Wildman–Crippen LogP) is 4.42. The summed E-state index contributed by atoms with van der Waals surface area (Å²) in [6, 6.07) is 0. The fourth-order valence-corrected chi connectivity index (χ4v) is 8.96. The number of hydrogen-bond donors (Lipinski definition) is 2. The minimum Gasteiger partial charge on any atom is -0.469 e. The molecule has 0 saturated heterocycles. The van der Waals surface area contributed by atoms with Crippen LogP contribution < -0.4 is 0 Å². The molecule has 3 saturated carbocycles. The van der Waals surface area contributed by atoms with Crippen LogP contribution in [0.5, 0.6) is 0 Å². The summed E-state index contributed by atoms with van der Waals surface area (Å²) in [7, 11) is 1.46. The molecule has 3 fully saturated rings. The Labute approximate surface area is 204 Å². The molecule has 9 atom stereocenters. The van der Waals surface area contributed by atoms with Crippen molar-refractivity contribution in [1.29, 1.82) is 0 Å². The van der Waals surface area contributed by atoms with E-state index in [0.29, 0.717) is 47.8 Å². The molecule has 2 N–H and O–H groups in total. The lowest BCUT2D eigenvalue weighted by Crippen LogP contribution is -2.56. The van der Waals surface area contributed by atoms with Crippen LogP contribution in [0.4, 0.5) is 0 Å². The summed E-state index contributed by atoms with van der Waals surface area (Å²) in [4.78, 5) is 23.1. The van der Waals surface area contributed by atoms with E-state index in [-0.39, 0.29) is 24.0 Å². The zero-order valence-corrected chi connectivity index (χ0v) is 21.4. The van der Waals surface area contributed by atoms with Crippen LogP contribution in [-0.4, -0.2) is 48.1 Å². The summed E-state index contributed by atoms with van der Waals surface area (Å²) in [5.74, 6) is 2.30. The van der Waals surface area contributed by atoms with Gasteiger partial charge in [0.1, 0.15) is 12.2 Å². The third-order valence-corrected chi connectivity index (χ3v) is 10.5. The Balaban J connectivity index is 1.51. The highest BCUT2D eigenvalue weighted by Gasteiger charge is 2.61. The number of fused-ring (bicyclic) bond motifs is 5. The second-order valence-electron chi connectivity index (χ2n) is 11.9. The van der Waals surface area contributed by atoms with E-state index in [0.717, 1.165) is 44.1 Å². The average molecular weight is 477 g/mol. The number of carbonyl (C=O) groups is 2. The van der Waals surface area contributed by atoms with Crippen molar-refractivity contribution in [2.45, 2.75) is 97.2 Å². The van der Waals surface area contributed by atoms with Gasteiger partial charge in [-0.25, -0.2) is 0 Å². The van der Waals surface area contributed by atoms with Crippen molar-refractivity contribution in [3.63, 3.8) is 0 Å². The molecular weight excluding hydrogens is 432 g/mol. The first-order valence-corrected chi connectivity index (χ1v) is 13.4. The van der Waals surface area contributed by atoms with E-state index in [1.165, 1.54) is 26.9 Å². The lowest BCUT2D eigenvalue weighted by Gasteiger charge is -2.59. The van der Waals surface area contributed by atoms with Gasteiger partial charge < -0.3 is 19.7 Å². The van der Waals surface area contributed by atoms with E-state index in [2.05, 4.69) is 19.9 Å². The molecule has 4 rings (SSSR count). The van der Waals surface area contributed by atoms with Gasteiger partial charge >= 0.3 is 11.9 Å². The number of ether oxygens (including phenoxy) is 2. The van der Waals surface area contributed by atoms with Gasteiger partial charge in [-0.1, -0.05) is 19.9 Å². The third kappa shape index (κ3) is 4.23. The lowest BCUT2D eigenvalue weighted by atomic mass is 9.46. The molecule has 192 valence electrons. The smallest absolute Gasteiger partial charge is 0.305 e. The maximum Gasteiger partial charge on any atom is 0.305 e. The van der Waals surface area contributed by atoms with E-state index in [9.17, 15) is 19.8 Å². The van der Waals surface area contributed by atoms with Crippen LogP contribution in [-0.2, 0) is 19.1 Å². The fourth-order valence-electron chi connectivity index (χ4n) is 8.96. The average Bonchev–Trinajstić information content (AvgIpc) is 3.17. The van der Waals surface area contributed by atoms with Crippen LogP contribution >= 0.6 is 0 Å². The summed E-state index contributed by atoms with van der Waals surface area (Å²) in [6.45, 7) is 6.31. The van der Waals surface area contributed by atoms with Crippen LogP contribution in [0.3, 0.4) is 0 Å². The Bertz CT molecular complexity index is 807. The Morgan fingerprint density at radius 1 is 1.18 bits per heavy atom. The largest absolute Gasteiger partial charge is 0.469 e. The number of carbonyl (C=O) groups excluding carboxylic acids is 2. The van der Waals surface area contributed by atoms with Crippen molar-refractivity contribution in [1.82, 2.24) is 0 Å². The van der Waals surface area contributed by atoms with Gasteiger partial charge in [0.15, 0.2) is 0 Å². The van der Waals surface area contributed by atoms with Crippen molar-refractivity contribution in [3.05, 3.63) is 11.6 Å². The van der Waals surface area contributed by atoms with Crippen LogP contribution in [0.25, 0.3) is 0 Å². The van der Waals surface area contributed by atoms with E-state index >= 15 is 0 Å². The van der Waals surface area contributed by atoms with E-state index in [4.69, 9.17) is 9.47 Å². The SMILES string of the molecule is COC(=O)CCC[C@@H](C)[C@H]1CC[C@H]2[C@@H]3CC=C4[C@@H](O)[C@@H](OC(C)=O)CC[C@]4(CO)[C@H]3CC[C@]12C. The first-order chi connectivity index (χ1) is 16.2. The topological polar surface area (TPSA) is 93.1 Å². The van der Waals surface area contributed by atoms with Crippen molar-refractivity contribution < 1.29 is 29.3 Å². The maximum absolute atomic E-state index is 11.5. The van der Waals surface area contributed by atoms with Crippen LogP contribution in [0.15, 0.2) is 11.6 Å². The van der Waals surface area contributed by atoms with Gasteiger partial charge in [-0.2, -0.15) is 0 Å². The van der Waals surface area contributed by atoms with Crippen LogP contribution in [0.1, 0.15) is 85.0 Å². The van der Waals surface area contributed by atoms with Gasteiger partial charge in [-0.05, 0) is 98.4 Å². The molecule has 0 unspecified atom stereocenters.